The molecule has 0 bridgehead atoms. The Morgan fingerprint density at radius 1 is 1.14 bits per heavy atom. The Bertz CT molecular complexity index is 178. The molecule has 0 amide bonds. The summed E-state index contributed by atoms with van der Waals surface area (Å²) in [5, 5.41) is 3.55. The summed E-state index contributed by atoms with van der Waals surface area (Å²) in [6, 6.07) is 0.827. The monoisotopic (exact) mass is 195 g/mol. The topological polar surface area (TPSA) is 12.0 Å². The fraction of sp³-hybridized carbons (Fsp3) is 1.00. The van der Waals surface area contributed by atoms with Crippen molar-refractivity contribution in [1.82, 2.24) is 5.32 Å². The van der Waals surface area contributed by atoms with Crippen LogP contribution in [0.2, 0.25) is 0 Å². The highest BCUT2D eigenvalue weighted by atomic mass is 14.9. The van der Waals surface area contributed by atoms with E-state index in [1.165, 1.54) is 32.1 Å². The highest BCUT2D eigenvalue weighted by molar-refractivity contribution is 5.05. The second kappa shape index (κ2) is 4.22. The van der Waals surface area contributed by atoms with Gasteiger partial charge in [-0.1, -0.05) is 20.3 Å². The zero-order chi connectivity index (χ0) is 10.1. The van der Waals surface area contributed by atoms with Crippen molar-refractivity contribution in [2.45, 2.75) is 52.0 Å². The smallest absolute Gasteiger partial charge is 0.00979 e. The first-order chi connectivity index (χ1) is 6.74. The summed E-state index contributed by atoms with van der Waals surface area (Å²) in [5.74, 6) is 4.14. The minimum atomic E-state index is 0.827. The van der Waals surface area contributed by atoms with E-state index in [9.17, 15) is 0 Å². The van der Waals surface area contributed by atoms with Crippen LogP contribution in [0.15, 0.2) is 0 Å². The summed E-state index contributed by atoms with van der Waals surface area (Å²) in [6.45, 7) is 4.67. The first kappa shape index (κ1) is 10.5. The van der Waals surface area contributed by atoms with Crippen LogP contribution in [0.25, 0.3) is 0 Å². The number of nitrogens with one attached hydrogen (secondary N) is 1. The van der Waals surface area contributed by atoms with Crippen LogP contribution in [0.1, 0.15) is 46.0 Å². The van der Waals surface area contributed by atoms with Gasteiger partial charge in [0.15, 0.2) is 0 Å². The van der Waals surface area contributed by atoms with Crippen molar-refractivity contribution in [2.75, 3.05) is 7.05 Å². The van der Waals surface area contributed by atoms with Gasteiger partial charge in [-0.05, 0) is 56.4 Å². The maximum Gasteiger partial charge on any atom is 0.00979 e. The van der Waals surface area contributed by atoms with Crippen LogP contribution < -0.4 is 5.32 Å². The van der Waals surface area contributed by atoms with E-state index in [2.05, 4.69) is 26.2 Å². The van der Waals surface area contributed by atoms with Crippen molar-refractivity contribution in [3.8, 4) is 0 Å². The second-order valence-electron chi connectivity index (χ2n) is 5.70. The molecule has 2 aliphatic rings. The Balaban J connectivity index is 1.77. The van der Waals surface area contributed by atoms with Crippen LogP contribution in [0.4, 0.5) is 0 Å². The lowest BCUT2D eigenvalue weighted by molar-refractivity contribution is 0.377. The van der Waals surface area contributed by atoms with Crippen LogP contribution in [-0.4, -0.2) is 13.1 Å². The van der Waals surface area contributed by atoms with Crippen molar-refractivity contribution < 1.29 is 0 Å². The number of rotatable bonds is 5. The molecule has 0 aliphatic heterocycles. The van der Waals surface area contributed by atoms with Gasteiger partial charge in [-0.2, -0.15) is 0 Å². The molecule has 2 aliphatic carbocycles. The summed E-state index contributed by atoms with van der Waals surface area (Å²) >= 11 is 0. The molecule has 3 unspecified atom stereocenters. The molecule has 14 heavy (non-hydrogen) atoms. The Labute approximate surface area is 88.7 Å². The number of hydrogen-bond donors (Lipinski definition) is 1. The first-order valence-electron chi connectivity index (χ1n) is 6.41. The molecule has 0 aromatic carbocycles. The highest BCUT2D eigenvalue weighted by Gasteiger charge is 2.55. The van der Waals surface area contributed by atoms with Gasteiger partial charge in [-0.25, -0.2) is 0 Å². The fourth-order valence-electron chi connectivity index (χ4n) is 3.52. The Morgan fingerprint density at radius 2 is 1.79 bits per heavy atom. The van der Waals surface area contributed by atoms with Gasteiger partial charge in [0.05, 0.1) is 0 Å². The van der Waals surface area contributed by atoms with Crippen LogP contribution in [0.3, 0.4) is 0 Å². The van der Waals surface area contributed by atoms with E-state index < -0.39 is 0 Å². The standard InChI is InChI=1S/C13H25N/c1-9(2)7-8-12(14-3)13-10-5-4-6-11(10)13/h9-14H,4-8H2,1-3H3. The van der Waals surface area contributed by atoms with Gasteiger partial charge in [0.2, 0.25) is 0 Å². The molecule has 1 nitrogen and oxygen atoms in total. The van der Waals surface area contributed by atoms with Crippen molar-refractivity contribution in [2.24, 2.45) is 23.7 Å². The molecule has 2 saturated carbocycles. The Morgan fingerprint density at radius 3 is 2.29 bits per heavy atom. The van der Waals surface area contributed by atoms with Gasteiger partial charge < -0.3 is 5.32 Å². The first-order valence-corrected chi connectivity index (χ1v) is 6.41. The Hall–Kier alpha value is -0.0400. The van der Waals surface area contributed by atoms with Gasteiger partial charge >= 0.3 is 0 Å². The van der Waals surface area contributed by atoms with E-state index in [1.54, 1.807) is 0 Å². The molecule has 0 aromatic heterocycles. The van der Waals surface area contributed by atoms with Gasteiger partial charge in [0.1, 0.15) is 0 Å². The molecule has 0 radical (unpaired) electrons. The zero-order valence-corrected chi connectivity index (χ0v) is 9.92. The lowest BCUT2D eigenvalue weighted by Crippen LogP contribution is -2.29. The average Bonchev–Trinajstić information content (AvgIpc) is 2.63. The van der Waals surface area contributed by atoms with E-state index in [-0.39, 0.29) is 0 Å². The van der Waals surface area contributed by atoms with Crippen molar-refractivity contribution in [3.63, 3.8) is 0 Å². The van der Waals surface area contributed by atoms with Crippen molar-refractivity contribution in [3.05, 3.63) is 0 Å². The summed E-state index contributed by atoms with van der Waals surface area (Å²) in [4.78, 5) is 0. The molecular weight excluding hydrogens is 170 g/mol. The summed E-state index contributed by atoms with van der Waals surface area (Å²) in [5.41, 5.74) is 0. The van der Waals surface area contributed by atoms with Crippen molar-refractivity contribution >= 4 is 0 Å². The van der Waals surface area contributed by atoms with Gasteiger partial charge in [-0.3, -0.25) is 0 Å². The minimum absolute atomic E-state index is 0.827. The predicted molar refractivity (Wildman–Crippen MR) is 61.2 cm³/mol. The minimum Gasteiger partial charge on any atom is -0.317 e. The van der Waals surface area contributed by atoms with Gasteiger partial charge in [0.25, 0.3) is 0 Å². The fourth-order valence-corrected chi connectivity index (χ4v) is 3.52. The molecule has 3 atom stereocenters. The van der Waals surface area contributed by atoms with Crippen LogP contribution in [0.5, 0.6) is 0 Å². The van der Waals surface area contributed by atoms with Crippen LogP contribution >= 0.6 is 0 Å². The van der Waals surface area contributed by atoms with Gasteiger partial charge in [-0.15, -0.1) is 0 Å². The summed E-state index contributed by atoms with van der Waals surface area (Å²) in [6.07, 6.45) is 7.34. The van der Waals surface area contributed by atoms with E-state index in [0.29, 0.717) is 0 Å². The number of fused-ring (bicyclic) bond motifs is 1. The van der Waals surface area contributed by atoms with E-state index in [4.69, 9.17) is 0 Å². The normalized spacial score (nSPS) is 37.3. The number of hydrogen-bond acceptors (Lipinski definition) is 1. The quantitative estimate of drug-likeness (QED) is 0.711. The highest BCUT2D eigenvalue weighted by Crippen LogP contribution is 2.59. The van der Waals surface area contributed by atoms with E-state index >= 15 is 0 Å². The molecular formula is C13H25N. The molecule has 2 fully saturated rings. The lowest BCUT2D eigenvalue weighted by atomic mass is 9.96. The van der Waals surface area contributed by atoms with Gasteiger partial charge in [0, 0.05) is 6.04 Å². The molecule has 0 aromatic rings. The van der Waals surface area contributed by atoms with Crippen molar-refractivity contribution in [1.29, 1.82) is 0 Å². The Kier molecular flexibility index (Phi) is 3.16. The van der Waals surface area contributed by atoms with E-state index in [0.717, 1.165) is 29.7 Å². The molecule has 82 valence electrons. The third-order valence-electron chi connectivity index (χ3n) is 4.36. The third kappa shape index (κ3) is 1.98. The largest absolute Gasteiger partial charge is 0.317 e. The molecule has 2 rings (SSSR count). The third-order valence-corrected chi connectivity index (χ3v) is 4.36. The SMILES string of the molecule is CNC(CCC(C)C)C1C2CCCC21. The lowest BCUT2D eigenvalue weighted by Gasteiger charge is -2.19. The maximum absolute atomic E-state index is 3.55. The van der Waals surface area contributed by atoms with E-state index in [1.807, 2.05) is 0 Å². The predicted octanol–water partition coefficient (Wildman–Crippen LogP) is 3.06. The molecule has 1 N–H and O–H groups in total. The molecule has 0 heterocycles. The maximum atomic E-state index is 3.55. The summed E-state index contributed by atoms with van der Waals surface area (Å²) < 4.78 is 0. The average molecular weight is 195 g/mol. The molecule has 1 heteroatoms. The van der Waals surface area contributed by atoms with Crippen LogP contribution in [-0.2, 0) is 0 Å². The second-order valence-corrected chi connectivity index (χ2v) is 5.70. The van der Waals surface area contributed by atoms with Crippen LogP contribution in [0, 0.1) is 23.7 Å². The zero-order valence-electron chi connectivity index (χ0n) is 9.92. The molecule has 0 saturated heterocycles. The summed E-state index contributed by atoms with van der Waals surface area (Å²) in [7, 11) is 2.15. The molecule has 0 spiro atoms.